The smallest absolute Gasteiger partial charge is 0.252 e. The lowest BCUT2D eigenvalue weighted by Gasteiger charge is -2.11. The van der Waals surface area contributed by atoms with E-state index in [0.29, 0.717) is 12.1 Å². The van der Waals surface area contributed by atoms with Gasteiger partial charge >= 0.3 is 0 Å². The summed E-state index contributed by atoms with van der Waals surface area (Å²) >= 11 is 0. The molecule has 1 aromatic carbocycles. The topological polar surface area (TPSA) is 77.6 Å². The van der Waals surface area contributed by atoms with Crippen LogP contribution in [0, 0.1) is 13.8 Å². The fourth-order valence-electron chi connectivity index (χ4n) is 3.59. The Labute approximate surface area is 175 Å². The van der Waals surface area contributed by atoms with Crippen LogP contribution in [0.5, 0.6) is 0 Å². The highest BCUT2D eigenvalue weighted by atomic mass is 16.1. The molecule has 0 aliphatic heterocycles. The lowest BCUT2D eigenvalue weighted by molar-refractivity contribution is 0.0954. The van der Waals surface area contributed by atoms with Crippen molar-refractivity contribution in [1.29, 1.82) is 0 Å². The number of fused-ring (bicyclic) bond motifs is 1. The summed E-state index contributed by atoms with van der Waals surface area (Å²) in [6.45, 7) is 8.19. The number of amides is 1. The van der Waals surface area contributed by atoms with Gasteiger partial charge in [-0.2, -0.15) is 10.2 Å². The molecule has 0 saturated carbocycles. The number of hydrogen-bond acceptors (Lipinski definition) is 4. The Morgan fingerprint density at radius 3 is 2.73 bits per heavy atom. The molecule has 4 rings (SSSR count). The SMILES string of the molecule is CCn1cc(-c2cc(C(=O)NCCCn3nccc3C)c3ccccc3n2)c(C)n1. The normalized spacial score (nSPS) is 11.2. The molecule has 4 aromatic rings. The zero-order valence-electron chi connectivity index (χ0n) is 17.6. The summed E-state index contributed by atoms with van der Waals surface area (Å²) in [5, 5.41) is 12.7. The summed E-state index contributed by atoms with van der Waals surface area (Å²) in [4.78, 5) is 17.8. The second kappa shape index (κ2) is 8.49. The van der Waals surface area contributed by atoms with Gasteiger partial charge < -0.3 is 5.32 Å². The molecular weight excluding hydrogens is 376 g/mol. The van der Waals surface area contributed by atoms with E-state index in [2.05, 4.69) is 15.5 Å². The summed E-state index contributed by atoms with van der Waals surface area (Å²) in [5.41, 5.74) is 5.18. The first-order chi connectivity index (χ1) is 14.6. The highest BCUT2D eigenvalue weighted by molar-refractivity contribution is 6.07. The fourth-order valence-corrected chi connectivity index (χ4v) is 3.59. The van der Waals surface area contributed by atoms with Crippen molar-refractivity contribution in [3.05, 3.63) is 65.7 Å². The molecule has 1 N–H and O–H groups in total. The predicted octanol–water partition coefficient (Wildman–Crippen LogP) is 3.75. The number of aryl methyl sites for hydroxylation is 4. The van der Waals surface area contributed by atoms with Crippen molar-refractivity contribution < 1.29 is 4.79 Å². The van der Waals surface area contributed by atoms with E-state index in [1.807, 2.05) is 72.7 Å². The van der Waals surface area contributed by atoms with Gasteiger partial charge in [0.25, 0.3) is 5.91 Å². The summed E-state index contributed by atoms with van der Waals surface area (Å²) in [6.07, 6.45) is 4.59. The number of hydrogen-bond donors (Lipinski definition) is 1. The molecule has 0 spiro atoms. The third-order valence-corrected chi connectivity index (χ3v) is 5.27. The molecule has 7 heteroatoms. The van der Waals surface area contributed by atoms with Crippen LogP contribution in [0.25, 0.3) is 22.2 Å². The third-order valence-electron chi connectivity index (χ3n) is 5.27. The van der Waals surface area contributed by atoms with Crippen LogP contribution in [0.3, 0.4) is 0 Å². The lowest BCUT2D eigenvalue weighted by atomic mass is 10.0. The van der Waals surface area contributed by atoms with Gasteiger partial charge in [0.05, 0.1) is 22.5 Å². The van der Waals surface area contributed by atoms with Crippen LogP contribution < -0.4 is 5.32 Å². The van der Waals surface area contributed by atoms with Crippen molar-refractivity contribution in [1.82, 2.24) is 29.9 Å². The molecule has 0 unspecified atom stereocenters. The van der Waals surface area contributed by atoms with Gasteiger partial charge in [-0.1, -0.05) is 18.2 Å². The van der Waals surface area contributed by atoms with E-state index in [9.17, 15) is 4.79 Å². The van der Waals surface area contributed by atoms with Gasteiger partial charge in [0.1, 0.15) is 0 Å². The lowest BCUT2D eigenvalue weighted by Crippen LogP contribution is -2.26. The van der Waals surface area contributed by atoms with E-state index in [-0.39, 0.29) is 5.91 Å². The van der Waals surface area contributed by atoms with Gasteiger partial charge in [-0.05, 0) is 45.4 Å². The minimum atomic E-state index is -0.0902. The van der Waals surface area contributed by atoms with Gasteiger partial charge in [-0.15, -0.1) is 0 Å². The molecule has 0 saturated heterocycles. The molecule has 0 aliphatic rings. The Bertz CT molecular complexity index is 1190. The summed E-state index contributed by atoms with van der Waals surface area (Å²) in [6, 6.07) is 11.6. The van der Waals surface area contributed by atoms with Crippen molar-refractivity contribution in [2.24, 2.45) is 0 Å². The number of nitrogens with zero attached hydrogens (tertiary/aromatic N) is 5. The summed E-state index contributed by atoms with van der Waals surface area (Å²) in [7, 11) is 0. The number of carbonyl (C=O) groups is 1. The van der Waals surface area contributed by atoms with Crippen molar-refractivity contribution in [3.8, 4) is 11.3 Å². The molecule has 1 amide bonds. The highest BCUT2D eigenvalue weighted by Gasteiger charge is 2.16. The molecule has 30 heavy (non-hydrogen) atoms. The van der Waals surface area contributed by atoms with Gasteiger partial charge in [-0.3, -0.25) is 14.2 Å². The van der Waals surface area contributed by atoms with Crippen molar-refractivity contribution in [2.75, 3.05) is 6.54 Å². The van der Waals surface area contributed by atoms with Crippen LogP contribution in [0.4, 0.5) is 0 Å². The third kappa shape index (κ3) is 3.96. The van der Waals surface area contributed by atoms with Crippen LogP contribution in [0.1, 0.15) is 35.1 Å². The molecule has 0 fully saturated rings. The first kappa shape index (κ1) is 19.8. The highest BCUT2D eigenvalue weighted by Crippen LogP contribution is 2.26. The Morgan fingerprint density at radius 1 is 1.17 bits per heavy atom. The van der Waals surface area contributed by atoms with Crippen molar-refractivity contribution in [2.45, 2.75) is 40.3 Å². The molecule has 3 aromatic heterocycles. The average Bonchev–Trinajstić information content (AvgIpc) is 3.35. The molecule has 0 bridgehead atoms. The fraction of sp³-hybridized carbons (Fsp3) is 0.304. The number of rotatable bonds is 7. The maximum absolute atomic E-state index is 13.0. The number of aromatic nitrogens is 5. The Hall–Kier alpha value is -3.48. The zero-order valence-corrected chi connectivity index (χ0v) is 17.6. The molecule has 0 radical (unpaired) electrons. The molecule has 7 nitrogen and oxygen atoms in total. The standard InChI is InChI=1S/C23H26N6O/c1-4-28-15-20(17(3)27-28)22-14-19(18-8-5-6-9-21(18)26-22)23(30)24-11-7-13-29-16(2)10-12-25-29/h5-6,8-10,12,14-15H,4,7,11,13H2,1-3H3,(H,24,30). The van der Waals surface area contributed by atoms with E-state index in [4.69, 9.17) is 4.98 Å². The van der Waals surface area contributed by atoms with Crippen LogP contribution in [0.2, 0.25) is 0 Å². The Kier molecular flexibility index (Phi) is 5.61. The van der Waals surface area contributed by atoms with E-state index in [0.717, 1.165) is 53.1 Å². The number of para-hydroxylation sites is 1. The second-order valence-electron chi connectivity index (χ2n) is 7.36. The van der Waals surface area contributed by atoms with E-state index in [1.165, 1.54) is 0 Å². The van der Waals surface area contributed by atoms with Crippen LogP contribution >= 0.6 is 0 Å². The first-order valence-electron chi connectivity index (χ1n) is 10.3. The Balaban J connectivity index is 1.58. The summed E-state index contributed by atoms with van der Waals surface area (Å²) < 4.78 is 3.83. The zero-order chi connectivity index (χ0) is 21.1. The van der Waals surface area contributed by atoms with E-state index in [1.54, 1.807) is 6.20 Å². The number of carbonyl (C=O) groups excluding carboxylic acids is 1. The monoisotopic (exact) mass is 402 g/mol. The number of pyridine rings is 1. The molecule has 0 aliphatic carbocycles. The second-order valence-corrected chi connectivity index (χ2v) is 7.36. The molecular formula is C23H26N6O. The van der Waals surface area contributed by atoms with Crippen LogP contribution in [-0.4, -0.2) is 37.0 Å². The summed E-state index contributed by atoms with van der Waals surface area (Å²) in [5.74, 6) is -0.0902. The number of benzene rings is 1. The van der Waals surface area contributed by atoms with Gasteiger partial charge in [0.2, 0.25) is 0 Å². The maximum Gasteiger partial charge on any atom is 0.252 e. The van der Waals surface area contributed by atoms with E-state index >= 15 is 0 Å². The predicted molar refractivity (Wildman–Crippen MR) is 117 cm³/mol. The molecule has 154 valence electrons. The van der Waals surface area contributed by atoms with E-state index < -0.39 is 0 Å². The van der Waals surface area contributed by atoms with Crippen molar-refractivity contribution in [3.63, 3.8) is 0 Å². The van der Waals surface area contributed by atoms with Crippen LogP contribution in [-0.2, 0) is 13.1 Å². The minimum absolute atomic E-state index is 0.0902. The van der Waals surface area contributed by atoms with Crippen molar-refractivity contribution >= 4 is 16.8 Å². The quantitative estimate of drug-likeness (QED) is 0.478. The van der Waals surface area contributed by atoms with Gasteiger partial charge in [0.15, 0.2) is 0 Å². The van der Waals surface area contributed by atoms with Crippen LogP contribution in [0.15, 0.2) is 48.8 Å². The first-order valence-corrected chi connectivity index (χ1v) is 10.3. The average molecular weight is 403 g/mol. The maximum atomic E-state index is 13.0. The molecule has 0 atom stereocenters. The minimum Gasteiger partial charge on any atom is -0.352 e. The number of nitrogens with one attached hydrogen (secondary N) is 1. The Morgan fingerprint density at radius 2 is 2.00 bits per heavy atom. The van der Waals surface area contributed by atoms with Gasteiger partial charge in [0, 0.05) is 48.7 Å². The van der Waals surface area contributed by atoms with Gasteiger partial charge in [-0.25, -0.2) is 4.98 Å². The largest absolute Gasteiger partial charge is 0.352 e. The molecule has 3 heterocycles.